The number of nitrogens with one attached hydrogen (secondary N) is 2. The minimum atomic E-state index is 0.316. The van der Waals surface area contributed by atoms with Crippen LogP contribution in [0.3, 0.4) is 0 Å². The Labute approximate surface area is 118 Å². The number of nitrogens with two attached hydrogens (primary N) is 1. The molecular weight excluding hydrogens is 254 g/mol. The van der Waals surface area contributed by atoms with E-state index >= 15 is 0 Å². The Morgan fingerprint density at radius 2 is 1.75 bits per heavy atom. The third kappa shape index (κ3) is 2.94. The van der Waals surface area contributed by atoms with Gasteiger partial charge in [-0.15, -0.1) is 0 Å². The number of benzene rings is 1. The van der Waals surface area contributed by atoms with Crippen molar-refractivity contribution in [2.24, 2.45) is 5.84 Å². The quantitative estimate of drug-likeness (QED) is 0.575. The number of aromatic nitrogens is 3. The van der Waals surface area contributed by atoms with Gasteiger partial charge in [0.15, 0.2) is 0 Å². The molecule has 1 aromatic heterocycles. The van der Waals surface area contributed by atoms with Gasteiger partial charge in [0.1, 0.15) is 0 Å². The SMILES string of the molecule is Cc1cccc(Nc2nc(NN)nc(N(C)C)n2)c1C. The molecule has 7 nitrogen and oxygen atoms in total. The number of aryl methyl sites for hydroxylation is 1. The molecule has 0 fully saturated rings. The zero-order chi connectivity index (χ0) is 14.7. The number of nitrogens with zero attached hydrogens (tertiary/aromatic N) is 4. The molecule has 0 bridgehead atoms. The van der Waals surface area contributed by atoms with Gasteiger partial charge in [-0.05, 0) is 31.0 Å². The molecular formula is C13H19N7. The number of hydrazine groups is 1. The van der Waals surface area contributed by atoms with Gasteiger partial charge in [-0.3, -0.25) is 5.43 Å². The van der Waals surface area contributed by atoms with Gasteiger partial charge in [0, 0.05) is 19.8 Å². The molecule has 2 aromatic rings. The average molecular weight is 273 g/mol. The van der Waals surface area contributed by atoms with Crippen molar-refractivity contribution in [3.05, 3.63) is 29.3 Å². The molecule has 0 unspecified atom stereocenters. The van der Waals surface area contributed by atoms with Crippen LogP contribution in [0.1, 0.15) is 11.1 Å². The van der Waals surface area contributed by atoms with Crippen LogP contribution in [0.5, 0.6) is 0 Å². The van der Waals surface area contributed by atoms with Crippen LogP contribution in [0, 0.1) is 13.8 Å². The van der Waals surface area contributed by atoms with Gasteiger partial charge in [-0.25, -0.2) is 5.84 Å². The van der Waals surface area contributed by atoms with Crippen LogP contribution in [0.4, 0.5) is 23.5 Å². The van der Waals surface area contributed by atoms with Crippen molar-refractivity contribution < 1.29 is 0 Å². The molecule has 1 aromatic carbocycles. The lowest BCUT2D eigenvalue weighted by atomic mass is 10.1. The molecule has 20 heavy (non-hydrogen) atoms. The smallest absolute Gasteiger partial charge is 0.243 e. The maximum atomic E-state index is 5.39. The number of nitrogen functional groups attached to an aromatic ring is 1. The number of anilines is 4. The first-order valence-electron chi connectivity index (χ1n) is 6.24. The molecule has 0 saturated heterocycles. The Morgan fingerprint density at radius 3 is 2.40 bits per heavy atom. The molecule has 0 saturated carbocycles. The normalized spacial score (nSPS) is 10.2. The molecule has 4 N–H and O–H groups in total. The fourth-order valence-electron chi connectivity index (χ4n) is 1.69. The van der Waals surface area contributed by atoms with Gasteiger partial charge in [0.2, 0.25) is 17.8 Å². The molecule has 2 rings (SSSR count). The van der Waals surface area contributed by atoms with E-state index in [1.54, 1.807) is 4.90 Å². The van der Waals surface area contributed by atoms with E-state index in [1.165, 1.54) is 5.56 Å². The van der Waals surface area contributed by atoms with Gasteiger partial charge < -0.3 is 10.2 Å². The summed E-state index contributed by atoms with van der Waals surface area (Å²) in [5, 5.41) is 3.20. The Kier molecular flexibility index (Phi) is 3.99. The first kappa shape index (κ1) is 14.0. The minimum Gasteiger partial charge on any atom is -0.347 e. The highest BCUT2D eigenvalue weighted by Crippen LogP contribution is 2.22. The largest absolute Gasteiger partial charge is 0.347 e. The molecule has 0 aliphatic carbocycles. The lowest BCUT2D eigenvalue weighted by Crippen LogP contribution is -2.18. The van der Waals surface area contributed by atoms with Crippen LogP contribution in [-0.4, -0.2) is 29.0 Å². The molecule has 0 amide bonds. The summed E-state index contributed by atoms with van der Waals surface area (Å²) in [4.78, 5) is 14.5. The maximum absolute atomic E-state index is 5.39. The summed E-state index contributed by atoms with van der Waals surface area (Å²) in [6, 6.07) is 6.03. The van der Waals surface area contributed by atoms with Crippen molar-refractivity contribution in [1.29, 1.82) is 0 Å². The highest BCUT2D eigenvalue weighted by atomic mass is 15.4. The minimum absolute atomic E-state index is 0.316. The fraction of sp³-hybridized carbons (Fsp3) is 0.308. The third-order valence-electron chi connectivity index (χ3n) is 3.00. The number of hydrogen-bond acceptors (Lipinski definition) is 7. The van der Waals surface area contributed by atoms with E-state index < -0.39 is 0 Å². The Hall–Kier alpha value is -2.41. The van der Waals surface area contributed by atoms with Crippen molar-refractivity contribution in [2.75, 3.05) is 29.7 Å². The Balaban J connectivity index is 2.37. The van der Waals surface area contributed by atoms with Crippen LogP contribution < -0.4 is 21.5 Å². The second-order valence-electron chi connectivity index (χ2n) is 4.69. The van der Waals surface area contributed by atoms with Crippen molar-refractivity contribution in [3.8, 4) is 0 Å². The van der Waals surface area contributed by atoms with Crippen LogP contribution in [-0.2, 0) is 0 Å². The fourth-order valence-corrected chi connectivity index (χ4v) is 1.69. The lowest BCUT2D eigenvalue weighted by Gasteiger charge is -2.14. The first-order chi connectivity index (χ1) is 9.51. The molecule has 0 atom stereocenters. The summed E-state index contributed by atoms with van der Waals surface area (Å²) in [7, 11) is 3.72. The highest BCUT2D eigenvalue weighted by molar-refractivity contribution is 5.61. The molecule has 0 spiro atoms. The molecule has 1 heterocycles. The van der Waals surface area contributed by atoms with Crippen LogP contribution >= 0.6 is 0 Å². The predicted molar refractivity (Wildman–Crippen MR) is 81.2 cm³/mol. The van der Waals surface area contributed by atoms with Crippen molar-refractivity contribution in [1.82, 2.24) is 15.0 Å². The number of rotatable bonds is 4. The summed E-state index contributed by atoms with van der Waals surface area (Å²) in [5.74, 6) is 6.68. The first-order valence-corrected chi connectivity index (χ1v) is 6.24. The van der Waals surface area contributed by atoms with E-state index in [2.05, 4.69) is 38.7 Å². The third-order valence-corrected chi connectivity index (χ3v) is 3.00. The Morgan fingerprint density at radius 1 is 1.05 bits per heavy atom. The summed E-state index contributed by atoms with van der Waals surface area (Å²) in [6.07, 6.45) is 0. The topological polar surface area (TPSA) is 92.0 Å². The van der Waals surface area contributed by atoms with Gasteiger partial charge >= 0.3 is 0 Å². The zero-order valence-corrected chi connectivity index (χ0v) is 12.1. The molecule has 0 aliphatic rings. The van der Waals surface area contributed by atoms with Crippen LogP contribution in [0.2, 0.25) is 0 Å². The van der Waals surface area contributed by atoms with Gasteiger partial charge in [-0.1, -0.05) is 12.1 Å². The summed E-state index contributed by atoms with van der Waals surface area (Å²) in [6.45, 7) is 4.11. The van der Waals surface area contributed by atoms with Crippen molar-refractivity contribution >= 4 is 23.5 Å². The second-order valence-corrected chi connectivity index (χ2v) is 4.69. The van der Waals surface area contributed by atoms with Gasteiger partial charge in [0.05, 0.1) is 0 Å². The van der Waals surface area contributed by atoms with Crippen LogP contribution in [0.15, 0.2) is 18.2 Å². The van der Waals surface area contributed by atoms with Gasteiger partial charge in [-0.2, -0.15) is 15.0 Å². The average Bonchev–Trinajstić information content (AvgIpc) is 2.43. The Bertz CT molecular complexity index is 610. The standard InChI is InChI=1S/C13H19N7/c1-8-6-5-7-10(9(8)2)15-11-16-12(19-14)18-13(17-11)20(3)4/h5-7H,14H2,1-4H3,(H2,15,16,17,18,19). The molecule has 0 aliphatic heterocycles. The second kappa shape index (κ2) is 5.70. The monoisotopic (exact) mass is 273 g/mol. The zero-order valence-electron chi connectivity index (χ0n) is 12.1. The summed E-state index contributed by atoms with van der Waals surface area (Å²) in [5.41, 5.74) is 5.76. The summed E-state index contributed by atoms with van der Waals surface area (Å²) >= 11 is 0. The van der Waals surface area contributed by atoms with E-state index in [0.717, 1.165) is 11.3 Å². The lowest BCUT2D eigenvalue weighted by molar-refractivity contribution is 0.956. The van der Waals surface area contributed by atoms with Crippen molar-refractivity contribution in [2.45, 2.75) is 13.8 Å². The van der Waals surface area contributed by atoms with E-state index in [4.69, 9.17) is 5.84 Å². The van der Waals surface area contributed by atoms with Crippen LogP contribution in [0.25, 0.3) is 0 Å². The van der Waals surface area contributed by atoms with Gasteiger partial charge in [0.25, 0.3) is 0 Å². The molecule has 0 radical (unpaired) electrons. The predicted octanol–water partition coefficient (Wildman–Crippen LogP) is 1.58. The molecule has 7 heteroatoms. The van der Waals surface area contributed by atoms with Crippen molar-refractivity contribution in [3.63, 3.8) is 0 Å². The van der Waals surface area contributed by atoms with E-state index in [9.17, 15) is 0 Å². The van der Waals surface area contributed by atoms with E-state index in [1.807, 2.05) is 33.2 Å². The highest BCUT2D eigenvalue weighted by Gasteiger charge is 2.09. The summed E-state index contributed by atoms with van der Waals surface area (Å²) < 4.78 is 0. The molecule has 106 valence electrons. The van der Waals surface area contributed by atoms with E-state index in [-0.39, 0.29) is 0 Å². The maximum Gasteiger partial charge on any atom is 0.243 e. The number of hydrogen-bond donors (Lipinski definition) is 3. The van der Waals surface area contributed by atoms with E-state index in [0.29, 0.717) is 17.8 Å².